The van der Waals surface area contributed by atoms with E-state index in [-0.39, 0.29) is 11.8 Å². The van der Waals surface area contributed by atoms with Gasteiger partial charge in [0, 0.05) is 18.2 Å². The molecule has 1 saturated heterocycles. The topological polar surface area (TPSA) is 57.7 Å². The second-order valence-corrected chi connectivity index (χ2v) is 7.88. The Labute approximate surface area is 133 Å². The highest BCUT2D eigenvalue weighted by Crippen LogP contribution is 2.30. The van der Waals surface area contributed by atoms with Crippen molar-refractivity contribution in [1.29, 1.82) is 0 Å². The summed E-state index contributed by atoms with van der Waals surface area (Å²) in [7, 11) is -3.27. The number of nitrogens with zero attached hydrogens (tertiary/aromatic N) is 2. The molecular formula is C15H18F2N2O3S. The Morgan fingerprint density at radius 1 is 1.26 bits per heavy atom. The standard InChI is InChI=1S/C15H18F2N2O3S/c16-14(17)10-18(12-6-7-12)15(20)11-2-4-13(5-3-11)19-8-1-9-23(19,21)22/h2-5,12,14H,1,6-10H2. The van der Waals surface area contributed by atoms with Crippen molar-refractivity contribution in [2.75, 3.05) is 23.1 Å². The summed E-state index contributed by atoms with van der Waals surface area (Å²) in [5, 5.41) is 0. The van der Waals surface area contributed by atoms with Crippen LogP contribution in [0.2, 0.25) is 0 Å². The summed E-state index contributed by atoms with van der Waals surface area (Å²) in [6.45, 7) is -0.138. The number of anilines is 1. The van der Waals surface area contributed by atoms with Gasteiger partial charge in [0.1, 0.15) is 0 Å². The molecule has 1 aromatic carbocycles. The van der Waals surface area contributed by atoms with Gasteiger partial charge in [-0.05, 0) is 43.5 Å². The summed E-state index contributed by atoms with van der Waals surface area (Å²) in [6, 6.07) is 6.03. The van der Waals surface area contributed by atoms with Crippen LogP contribution in [0.3, 0.4) is 0 Å². The summed E-state index contributed by atoms with van der Waals surface area (Å²) in [4.78, 5) is 13.6. The molecule has 0 unspecified atom stereocenters. The Balaban J connectivity index is 1.77. The molecule has 8 heteroatoms. The number of alkyl halides is 2. The quantitative estimate of drug-likeness (QED) is 0.822. The van der Waals surface area contributed by atoms with E-state index in [9.17, 15) is 22.0 Å². The monoisotopic (exact) mass is 344 g/mol. The van der Waals surface area contributed by atoms with E-state index >= 15 is 0 Å². The minimum absolute atomic E-state index is 0.102. The van der Waals surface area contributed by atoms with Crippen LogP contribution >= 0.6 is 0 Å². The molecule has 0 radical (unpaired) electrons. The van der Waals surface area contributed by atoms with Gasteiger partial charge in [-0.3, -0.25) is 9.10 Å². The first-order chi connectivity index (χ1) is 10.9. The van der Waals surface area contributed by atoms with Gasteiger partial charge in [0.25, 0.3) is 12.3 Å². The zero-order chi connectivity index (χ0) is 16.6. The van der Waals surface area contributed by atoms with Gasteiger partial charge in [0.05, 0.1) is 18.0 Å². The molecule has 1 heterocycles. The van der Waals surface area contributed by atoms with E-state index in [4.69, 9.17) is 0 Å². The number of hydrogen-bond donors (Lipinski definition) is 0. The fourth-order valence-electron chi connectivity index (χ4n) is 2.80. The van der Waals surface area contributed by atoms with Crippen LogP contribution in [0.4, 0.5) is 14.5 Å². The molecule has 3 rings (SSSR count). The van der Waals surface area contributed by atoms with Crippen molar-refractivity contribution < 1.29 is 22.0 Å². The Bertz CT molecular complexity index is 687. The zero-order valence-electron chi connectivity index (χ0n) is 12.5. The summed E-state index contributed by atoms with van der Waals surface area (Å²) >= 11 is 0. The van der Waals surface area contributed by atoms with Gasteiger partial charge in [-0.15, -0.1) is 0 Å². The highest BCUT2D eigenvalue weighted by atomic mass is 32.2. The molecule has 0 atom stereocenters. The molecule has 1 aliphatic heterocycles. The van der Waals surface area contributed by atoms with Crippen molar-refractivity contribution in [2.24, 2.45) is 0 Å². The third-order valence-electron chi connectivity index (χ3n) is 4.08. The van der Waals surface area contributed by atoms with Gasteiger partial charge in [0.2, 0.25) is 10.0 Å². The van der Waals surface area contributed by atoms with Crippen molar-refractivity contribution in [1.82, 2.24) is 4.90 Å². The number of sulfonamides is 1. The number of hydrogen-bond acceptors (Lipinski definition) is 3. The maximum Gasteiger partial charge on any atom is 0.255 e. The van der Waals surface area contributed by atoms with Crippen LogP contribution < -0.4 is 4.31 Å². The molecule has 126 valence electrons. The first-order valence-electron chi connectivity index (χ1n) is 7.58. The highest BCUT2D eigenvalue weighted by Gasteiger charge is 2.35. The third-order valence-corrected chi connectivity index (χ3v) is 5.95. The summed E-state index contributed by atoms with van der Waals surface area (Å²) in [5.74, 6) is -0.305. The zero-order valence-corrected chi connectivity index (χ0v) is 13.3. The van der Waals surface area contributed by atoms with Crippen molar-refractivity contribution in [3.8, 4) is 0 Å². The lowest BCUT2D eigenvalue weighted by molar-refractivity contribution is 0.0534. The average Bonchev–Trinajstić information content (AvgIpc) is 3.27. The van der Waals surface area contributed by atoms with E-state index in [1.54, 1.807) is 12.1 Å². The predicted molar refractivity (Wildman–Crippen MR) is 82.3 cm³/mol. The molecule has 1 aromatic rings. The maximum absolute atomic E-state index is 12.6. The molecule has 23 heavy (non-hydrogen) atoms. The van der Waals surface area contributed by atoms with E-state index in [2.05, 4.69) is 0 Å². The molecule has 1 saturated carbocycles. The van der Waals surface area contributed by atoms with Gasteiger partial charge in [0.15, 0.2) is 0 Å². The number of benzene rings is 1. The minimum atomic E-state index is -3.27. The fourth-order valence-corrected chi connectivity index (χ4v) is 4.36. The summed E-state index contributed by atoms with van der Waals surface area (Å²) in [5.41, 5.74) is 0.809. The van der Waals surface area contributed by atoms with Crippen LogP contribution in [0, 0.1) is 0 Å². The molecule has 1 aliphatic carbocycles. The SMILES string of the molecule is O=C(c1ccc(N2CCCS2(=O)=O)cc1)N(CC(F)F)C1CC1. The molecule has 5 nitrogen and oxygen atoms in total. The maximum atomic E-state index is 12.6. The van der Waals surface area contributed by atoms with Crippen molar-refractivity contribution in [3.05, 3.63) is 29.8 Å². The molecule has 2 fully saturated rings. The number of carbonyl (C=O) groups excluding carboxylic acids is 1. The van der Waals surface area contributed by atoms with Gasteiger partial charge >= 0.3 is 0 Å². The van der Waals surface area contributed by atoms with Crippen LogP contribution in [0.15, 0.2) is 24.3 Å². The van der Waals surface area contributed by atoms with Crippen LogP contribution in [0.1, 0.15) is 29.6 Å². The van der Waals surface area contributed by atoms with E-state index in [1.165, 1.54) is 21.3 Å². The Kier molecular flexibility index (Phi) is 4.27. The smallest absolute Gasteiger partial charge is 0.255 e. The normalized spacial score (nSPS) is 20.0. The van der Waals surface area contributed by atoms with Crippen molar-refractivity contribution >= 4 is 21.6 Å². The van der Waals surface area contributed by atoms with E-state index < -0.39 is 28.9 Å². The molecule has 0 N–H and O–H groups in total. The van der Waals surface area contributed by atoms with Crippen molar-refractivity contribution in [3.63, 3.8) is 0 Å². The Morgan fingerprint density at radius 2 is 1.91 bits per heavy atom. The molecule has 0 bridgehead atoms. The van der Waals surface area contributed by atoms with Crippen LogP contribution in [0.25, 0.3) is 0 Å². The number of halogens is 2. The first-order valence-corrected chi connectivity index (χ1v) is 9.19. The lowest BCUT2D eigenvalue weighted by Crippen LogP contribution is -2.37. The van der Waals surface area contributed by atoms with Crippen LogP contribution in [-0.4, -0.2) is 50.5 Å². The average molecular weight is 344 g/mol. The van der Waals surface area contributed by atoms with Gasteiger partial charge in [-0.2, -0.15) is 0 Å². The predicted octanol–water partition coefficient (Wildman–Crippen LogP) is 2.10. The van der Waals surface area contributed by atoms with Crippen molar-refractivity contribution in [2.45, 2.75) is 31.7 Å². The fraction of sp³-hybridized carbons (Fsp3) is 0.533. The molecule has 0 spiro atoms. The summed E-state index contributed by atoms with van der Waals surface area (Å²) in [6.07, 6.45) is -0.480. The summed E-state index contributed by atoms with van der Waals surface area (Å²) < 4.78 is 50.3. The van der Waals surface area contributed by atoms with Gasteiger partial charge in [-0.25, -0.2) is 17.2 Å². The van der Waals surface area contributed by atoms with E-state index in [1.807, 2.05) is 0 Å². The molecule has 2 aliphatic rings. The van der Waals surface area contributed by atoms with Crippen LogP contribution in [-0.2, 0) is 10.0 Å². The number of rotatable bonds is 5. The highest BCUT2D eigenvalue weighted by molar-refractivity contribution is 7.93. The number of amides is 1. The number of carbonyl (C=O) groups is 1. The van der Waals surface area contributed by atoms with E-state index in [0.717, 1.165) is 12.8 Å². The Hall–Kier alpha value is -1.70. The second kappa shape index (κ2) is 6.07. The molecular weight excluding hydrogens is 326 g/mol. The van der Waals surface area contributed by atoms with E-state index in [0.29, 0.717) is 24.2 Å². The minimum Gasteiger partial charge on any atom is -0.330 e. The largest absolute Gasteiger partial charge is 0.330 e. The third kappa shape index (κ3) is 3.46. The first kappa shape index (κ1) is 16.2. The lowest BCUT2D eigenvalue weighted by Gasteiger charge is -2.22. The van der Waals surface area contributed by atoms with Crippen LogP contribution in [0.5, 0.6) is 0 Å². The Morgan fingerprint density at radius 3 is 2.39 bits per heavy atom. The van der Waals surface area contributed by atoms with Gasteiger partial charge in [-0.1, -0.05) is 0 Å². The second-order valence-electron chi connectivity index (χ2n) is 5.87. The molecule has 1 amide bonds. The lowest BCUT2D eigenvalue weighted by atomic mass is 10.1. The van der Waals surface area contributed by atoms with Gasteiger partial charge < -0.3 is 4.90 Å². The molecule has 0 aromatic heterocycles.